The molecule has 0 bridgehead atoms. The summed E-state index contributed by atoms with van der Waals surface area (Å²) in [7, 11) is 1.53. The molecule has 0 fully saturated rings. The standard InChI is InChI=1S/C17H18N6O2S/c1-10-15(11(2)23-22-10)25-13-8-12(26-14-6-4-5-7-19-14)9-20-16(13)21-17(24)18-3/h4-9H,1-3H3,(H,22,23)(H2,18,20,21,24). The smallest absolute Gasteiger partial charge is 0.320 e. The van der Waals surface area contributed by atoms with Gasteiger partial charge in [0.1, 0.15) is 10.7 Å². The van der Waals surface area contributed by atoms with Crippen LogP contribution in [0.25, 0.3) is 0 Å². The highest BCUT2D eigenvalue weighted by atomic mass is 32.2. The number of nitrogens with one attached hydrogen (secondary N) is 3. The van der Waals surface area contributed by atoms with Crippen LogP contribution >= 0.6 is 11.8 Å². The normalized spacial score (nSPS) is 10.4. The summed E-state index contributed by atoms with van der Waals surface area (Å²) in [5.41, 5.74) is 1.51. The Hall–Kier alpha value is -3.07. The number of urea groups is 1. The summed E-state index contributed by atoms with van der Waals surface area (Å²) in [6.45, 7) is 3.70. The minimum atomic E-state index is -0.381. The lowest BCUT2D eigenvalue weighted by Gasteiger charge is -2.12. The molecule has 3 aromatic heterocycles. The van der Waals surface area contributed by atoms with Gasteiger partial charge in [-0.2, -0.15) is 5.10 Å². The Morgan fingerprint density at radius 2 is 2.12 bits per heavy atom. The van der Waals surface area contributed by atoms with Crippen LogP contribution in [0.3, 0.4) is 0 Å². The average Bonchev–Trinajstić information content (AvgIpc) is 2.96. The van der Waals surface area contributed by atoms with Crippen molar-refractivity contribution >= 4 is 23.6 Å². The summed E-state index contributed by atoms with van der Waals surface area (Å²) in [4.78, 5) is 21.1. The van der Waals surface area contributed by atoms with Gasteiger partial charge in [0.15, 0.2) is 17.3 Å². The first kappa shape index (κ1) is 17.7. The van der Waals surface area contributed by atoms with E-state index in [2.05, 4.69) is 30.8 Å². The van der Waals surface area contributed by atoms with E-state index >= 15 is 0 Å². The fourth-order valence-electron chi connectivity index (χ4n) is 2.15. The minimum absolute atomic E-state index is 0.315. The zero-order chi connectivity index (χ0) is 18.5. The highest BCUT2D eigenvalue weighted by molar-refractivity contribution is 7.99. The maximum atomic E-state index is 11.7. The molecule has 3 aromatic rings. The molecule has 0 saturated heterocycles. The van der Waals surface area contributed by atoms with Crippen molar-refractivity contribution in [1.29, 1.82) is 0 Å². The fraction of sp³-hybridized carbons (Fsp3) is 0.176. The molecule has 0 atom stereocenters. The molecule has 0 saturated carbocycles. The van der Waals surface area contributed by atoms with E-state index in [0.29, 0.717) is 17.3 Å². The van der Waals surface area contributed by atoms with Gasteiger partial charge in [0.2, 0.25) is 0 Å². The van der Waals surface area contributed by atoms with Gasteiger partial charge in [-0.15, -0.1) is 0 Å². The van der Waals surface area contributed by atoms with Crippen molar-refractivity contribution in [1.82, 2.24) is 25.5 Å². The molecular weight excluding hydrogens is 352 g/mol. The van der Waals surface area contributed by atoms with Gasteiger partial charge in [-0.1, -0.05) is 17.8 Å². The summed E-state index contributed by atoms with van der Waals surface area (Å²) in [5.74, 6) is 1.34. The van der Waals surface area contributed by atoms with Crippen LogP contribution in [0.2, 0.25) is 0 Å². The van der Waals surface area contributed by atoms with Gasteiger partial charge in [0, 0.05) is 30.4 Å². The van der Waals surface area contributed by atoms with E-state index in [1.54, 1.807) is 12.4 Å². The van der Waals surface area contributed by atoms with E-state index in [0.717, 1.165) is 21.3 Å². The number of hydrogen-bond acceptors (Lipinski definition) is 6. The van der Waals surface area contributed by atoms with Crippen LogP contribution in [0.4, 0.5) is 10.6 Å². The maximum Gasteiger partial charge on any atom is 0.320 e. The predicted octanol–water partition coefficient (Wildman–Crippen LogP) is 3.51. The molecule has 0 radical (unpaired) electrons. The molecule has 26 heavy (non-hydrogen) atoms. The zero-order valence-electron chi connectivity index (χ0n) is 14.5. The number of anilines is 1. The molecule has 0 aliphatic carbocycles. The Morgan fingerprint density at radius 1 is 1.27 bits per heavy atom. The van der Waals surface area contributed by atoms with E-state index in [9.17, 15) is 4.79 Å². The molecule has 0 aliphatic heterocycles. The molecule has 8 nitrogen and oxygen atoms in total. The first-order chi connectivity index (χ1) is 12.6. The summed E-state index contributed by atoms with van der Waals surface area (Å²) in [6.07, 6.45) is 3.39. The largest absolute Gasteiger partial charge is 0.450 e. The Bertz CT molecular complexity index is 893. The highest BCUT2D eigenvalue weighted by Gasteiger charge is 2.15. The monoisotopic (exact) mass is 370 g/mol. The summed E-state index contributed by atoms with van der Waals surface area (Å²) < 4.78 is 6.00. The lowest BCUT2D eigenvalue weighted by atomic mass is 10.3. The molecule has 3 N–H and O–H groups in total. The van der Waals surface area contributed by atoms with Gasteiger partial charge < -0.3 is 10.1 Å². The van der Waals surface area contributed by atoms with Crippen molar-refractivity contribution in [2.75, 3.05) is 12.4 Å². The van der Waals surface area contributed by atoms with Gasteiger partial charge >= 0.3 is 6.03 Å². The number of carbonyl (C=O) groups excluding carboxylic acids is 1. The van der Waals surface area contributed by atoms with Crippen LogP contribution in [-0.2, 0) is 0 Å². The number of amides is 2. The number of rotatable bonds is 5. The second-order valence-electron chi connectivity index (χ2n) is 5.36. The van der Waals surface area contributed by atoms with Gasteiger partial charge in [-0.3, -0.25) is 10.4 Å². The van der Waals surface area contributed by atoms with Crippen LogP contribution in [0.5, 0.6) is 11.5 Å². The Balaban J connectivity index is 1.93. The van der Waals surface area contributed by atoms with Gasteiger partial charge in [0.05, 0.1) is 5.69 Å². The molecule has 3 rings (SSSR count). The van der Waals surface area contributed by atoms with E-state index in [-0.39, 0.29) is 6.03 Å². The zero-order valence-corrected chi connectivity index (χ0v) is 15.3. The number of nitrogens with zero attached hydrogens (tertiary/aromatic N) is 3. The predicted molar refractivity (Wildman–Crippen MR) is 98.8 cm³/mol. The molecule has 134 valence electrons. The quantitative estimate of drug-likeness (QED) is 0.635. The van der Waals surface area contributed by atoms with E-state index in [1.165, 1.54) is 18.8 Å². The first-order valence-corrected chi connectivity index (χ1v) is 8.65. The van der Waals surface area contributed by atoms with Crippen molar-refractivity contribution in [2.24, 2.45) is 0 Å². The topological polar surface area (TPSA) is 105 Å². The summed E-state index contributed by atoms with van der Waals surface area (Å²) >= 11 is 1.45. The van der Waals surface area contributed by atoms with Crippen LogP contribution in [0, 0.1) is 13.8 Å². The Labute approximate surface area is 154 Å². The van der Waals surface area contributed by atoms with Crippen molar-refractivity contribution in [3.05, 3.63) is 48.0 Å². The molecular formula is C17H18N6O2S. The first-order valence-electron chi connectivity index (χ1n) is 7.84. The molecule has 0 unspecified atom stereocenters. The van der Waals surface area contributed by atoms with E-state index < -0.39 is 0 Å². The highest BCUT2D eigenvalue weighted by Crippen LogP contribution is 2.35. The van der Waals surface area contributed by atoms with Gasteiger partial charge in [-0.05, 0) is 26.0 Å². The maximum absolute atomic E-state index is 11.7. The Morgan fingerprint density at radius 3 is 2.77 bits per heavy atom. The third-order valence-electron chi connectivity index (χ3n) is 3.42. The molecule has 0 aromatic carbocycles. The minimum Gasteiger partial charge on any atom is -0.450 e. The number of aryl methyl sites for hydroxylation is 2. The third-order valence-corrected chi connectivity index (χ3v) is 4.33. The number of H-pyrrole nitrogens is 1. The second-order valence-corrected chi connectivity index (χ2v) is 6.45. The average molecular weight is 370 g/mol. The molecule has 0 spiro atoms. The summed E-state index contributed by atoms with van der Waals surface area (Å²) in [5, 5.41) is 13.0. The van der Waals surface area contributed by atoms with Gasteiger partial charge in [0.25, 0.3) is 0 Å². The third kappa shape index (κ3) is 4.12. The van der Waals surface area contributed by atoms with Crippen LogP contribution in [0.15, 0.2) is 46.6 Å². The number of ether oxygens (including phenoxy) is 1. The summed E-state index contributed by atoms with van der Waals surface area (Å²) in [6, 6.07) is 7.11. The van der Waals surface area contributed by atoms with Crippen molar-refractivity contribution in [3.8, 4) is 11.5 Å². The van der Waals surface area contributed by atoms with Crippen molar-refractivity contribution < 1.29 is 9.53 Å². The molecule has 2 amide bonds. The van der Waals surface area contributed by atoms with Crippen molar-refractivity contribution in [3.63, 3.8) is 0 Å². The number of hydrogen-bond donors (Lipinski definition) is 3. The van der Waals surface area contributed by atoms with Crippen LogP contribution in [0.1, 0.15) is 11.4 Å². The van der Waals surface area contributed by atoms with E-state index in [1.807, 2.05) is 38.1 Å². The fourth-order valence-corrected chi connectivity index (χ4v) is 2.93. The van der Waals surface area contributed by atoms with Crippen LogP contribution in [-0.4, -0.2) is 33.2 Å². The lowest BCUT2D eigenvalue weighted by Crippen LogP contribution is -2.25. The van der Waals surface area contributed by atoms with Gasteiger partial charge in [-0.25, -0.2) is 14.8 Å². The number of pyridine rings is 2. The molecule has 0 aliphatic rings. The van der Waals surface area contributed by atoms with E-state index in [4.69, 9.17) is 4.74 Å². The SMILES string of the molecule is CNC(=O)Nc1ncc(Sc2ccccn2)cc1Oc1c(C)n[nH]c1C. The Kier molecular flexibility index (Phi) is 5.37. The molecule has 9 heteroatoms. The van der Waals surface area contributed by atoms with Crippen LogP contribution < -0.4 is 15.4 Å². The van der Waals surface area contributed by atoms with Crippen molar-refractivity contribution in [2.45, 2.75) is 23.8 Å². The number of aromatic amines is 1. The lowest BCUT2D eigenvalue weighted by molar-refractivity contribution is 0.253. The number of aromatic nitrogens is 4. The number of carbonyl (C=O) groups is 1. The molecule has 3 heterocycles. The second kappa shape index (κ2) is 7.87.